The molecule has 0 aromatic rings. The van der Waals surface area contributed by atoms with Gasteiger partial charge in [-0.05, 0) is 32.7 Å². The lowest BCUT2D eigenvalue weighted by Crippen LogP contribution is -2.48. The maximum Gasteiger partial charge on any atom is 0.228 e. The summed E-state index contributed by atoms with van der Waals surface area (Å²) in [7, 11) is 2.01. The molecule has 0 aromatic carbocycles. The Morgan fingerprint density at radius 3 is 2.31 bits per heavy atom. The van der Waals surface area contributed by atoms with E-state index in [1.54, 1.807) is 0 Å². The lowest BCUT2D eigenvalue weighted by atomic mass is 9.86. The molecule has 0 aromatic heterocycles. The summed E-state index contributed by atoms with van der Waals surface area (Å²) in [5.74, 6) is 0.416. The van der Waals surface area contributed by atoms with Gasteiger partial charge in [0.2, 0.25) is 5.91 Å². The van der Waals surface area contributed by atoms with Crippen molar-refractivity contribution in [3.63, 3.8) is 0 Å². The minimum Gasteiger partial charge on any atom is -0.342 e. The highest BCUT2D eigenvalue weighted by atomic mass is 16.2. The fraction of sp³-hybridized carbons (Fsp3) is 0.923. The van der Waals surface area contributed by atoms with Crippen LogP contribution in [-0.2, 0) is 4.79 Å². The minimum atomic E-state index is -0.0352. The van der Waals surface area contributed by atoms with Crippen LogP contribution in [0.3, 0.4) is 0 Å². The third-order valence-corrected chi connectivity index (χ3v) is 4.41. The van der Waals surface area contributed by atoms with Gasteiger partial charge in [0.1, 0.15) is 0 Å². The van der Waals surface area contributed by atoms with Gasteiger partial charge in [0.15, 0.2) is 0 Å². The maximum absolute atomic E-state index is 12.4. The number of likely N-dealkylation sites (tertiary alicyclic amines) is 1. The van der Waals surface area contributed by atoms with Crippen LogP contribution in [0.15, 0.2) is 0 Å². The van der Waals surface area contributed by atoms with Crippen LogP contribution in [0.1, 0.15) is 45.4 Å². The highest BCUT2D eigenvalue weighted by Crippen LogP contribution is 2.39. The third-order valence-electron chi connectivity index (χ3n) is 4.41. The molecule has 16 heavy (non-hydrogen) atoms. The summed E-state index contributed by atoms with van der Waals surface area (Å²) in [5.41, 5.74) is -0.0352. The average molecular weight is 224 g/mol. The Labute approximate surface area is 98.6 Å². The van der Waals surface area contributed by atoms with Crippen LogP contribution in [0.2, 0.25) is 0 Å². The van der Waals surface area contributed by atoms with E-state index in [4.69, 9.17) is 0 Å². The Hall–Kier alpha value is -0.570. The zero-order valence-corrected chi connectivity index (χ0v) is 10.6. The van der Waals surface area contributed by atoms with Crippen molar-refractivity contribution in [2.24, 2.45) is 5.41 Å². The Bertz CT molecular complexity index is 251. The number of hydrogen-bond acceptors (Lipinski definition) is 2. The molecule has 3 heteroatoms. The van der Waals surface area contributed by atoms with E-state index < -0.39 is 0 Å². The van der Waals surface area contributed by atoms with Crippen molar-refractivity contribution in [3.05, 3.63) is 0 Å². The van der Waals surface area contributed by atoms with Gasteiger partial charge in [-0.25, -0.2) is 0 Å². The molecular weight excluding hydrogens is 200 g/mol. The molecule has 1 amide bonds. The van der Waals surface area contributed by atoms with Crippen molar-refractivity contribution >= 4 is 5.91 Å². The largest absolute Gasteiger partial charge is 0.342 e. The lowest BCUT2D eigenvalue weighted by Gasteiger charge is -2.36. The van der Waals surface area contributed by atoms with Crippen LogP contribution in [0.25, 0.3) is 0 Å². The molecule has 1 saturated carbocycles. The molecule has 0 spiro atoms. The predicted octanol–water partition coefficient (Wildman–Crippen LogP) is 1.78. The molecule has 0 unspecified atom stereocenters. The van der Waals surface area contributed by atoms with Crippen molar-refractivity contribution in [2.45, 2.75) is 51.5 Å². The molecule has 1 saturated heterocycles. The van der Waals surface area contributed by atoms with E-state index in [9.17, 15) is 4.79 Å². The summed E-state index contributed by atoms with van der Waals surface area (Å²) in [6, 6.07) is 0.612. The topological polar surface area (TPSA) is 32.3 Å². The SMILES string of the molecule is CNC1CCN(C(=O)C2(C)CCCC2)CC1. The van der Waals surface area contributed by atoms with Gasteiger partial charge in [-0.15, -0.1) is 0 Å². The Morgan fingerprint density at radius 1 is 1.25 bits per heavy atom. The van der Waals surface area contributed by atoms with Crippen molar-refractivity contribution in [2.75, 3.05) is 20.1 Å². The molecule has 1 N–H and O–H groups in total. The summed E-state index contributed by atoms with van der Waals surface area (Å²) in [5, 5.41) is 3.30. The molecule has 1 heterocycles. The number of carbonyl (C=O) groups excluding carboxylic acids is 1. The third kappa shape index (κ3) is 2.24. The van der Waals surface area contributed by atoms with E-state index in [1.807, 2.05) is 7.05 Å². The first-order valence-corrected chi connectivity index (χ1v) is 6.62. The second-order valence-corrected chi connectivity index (χ2v) is 5.62. The summed E-state index contributed by atoms with van der Waals surface area (Å²) < 4.78 is 0. The molecule has 2 fully saturated rings. The van der Waals surface area contributed by atoms with Crippen LogP contribution in [0.4, 0.5) is 0 Å². The smallest absolute Gasteiger partial charge is 0.228 e. The minimum absolute atomic E-state index is 0.0352. The normalized spacial score (nSPS) is 26.0. The number of carbonyl (C=O) groups is 1. The zero-order chi connectivity index (χ0) is 11.6. The Morgan fingerprint density at radius 2 is 1.81 bits per heavy atom. The first-order chi connectivity index (χ1) is 7.65. The molecule has 2 rings (SSSR count). The summed E-state index contributed by atoms with van der Waals surface area (Å²) in [6.45, 7) is 4.05. The van der Waals surface area contributed by atoms with E-state index in [-0.39, 0.29) is 5.41 Å². The molecule has 0 radical (unpaired) electrons. The van der Waals surface area contributed by atoms with E-state index >= 15 is 0 Å². The van der Waals surface area contributed by atoms with Crippen molar-refractivity contribution in [3.8, 4) is 0 Å². The van der Waals surface area contributed by atoms with Gasteiger partial charge < -0.3 is 10.2 Å². The van der Waals surface area contributed by atoms with Crippen molar-refractivity contribution in [1.82, 2.24) is 10.2 Å². The fourth-order valence-electron chi connectivity index (χ4n) is 3.12. The van der Waals surface area contributed by atoms with Gasteiger partial charge in [-0.1, -0.05) is 19.8 Å². The van der Waals surface area contributed by atoms with E-state index in [1.165, 1.54) is 12.8 Å². The van der Waals surface area contributed by atoms with Crippen molar-refractivity contribution < 1.29 is 4.79 Å². The van der Waals surface area contributed by atoms with E-state index in [2.05, 4.69) is 17.1 Å². The second kappa shape index (κ2) is 4.74. The van der Waals surface area contributed by atoms with Gasteiger partial charge in [0.05, 0.1) is 0 Å². The molecule has 92 valence electrons. The van der Waals surface area contributed by atoms with Crippen molar-refractivity contribution in [1.29, 1.82) is 0 Å². The van der Waals surface area contributed by atoms with Gasteiger partial charge in [0, 0.05) is 24.5 Å². The van der Waals surface area contributed by atoms with Crippen LogP contribution in [-0.4, -0.2) is 37.0 Å². The molecule has 1 aliphatic heterocycles. The Kier molecular flexibility index (Phi) is 3.53. The van der Waals surface area contributed by atoms with Gasteiger partial charge in [-0.3, -0.25) is 4.79 Å². The van der Waals surface area contributed by atoms with Crippen LogP contribution >= 0.6 is 0 Å². The predicted molar refractivity (Wildman–Crippen MR) is 65.2 cm³/mol. The van der Waals surface area contributed by atoms with Crippen LogP contribution in [0.5, 0.6) is 0 Å². The van der Waals surface area contributed by atoms with E-state index in [0.29, 0.717) is 11.9 Å². The van der Waals surface area contributed by atoms with Gasteiger partial charge >= 0.3 is 0 Å². The average Bonchev–Trinajstić information content (AvgIpc) is 2.77. The number of nitrogens with zero attached hydrogens (tertiary/aromatic N) is 1. The summed E-state index contributed by atoms with van der Waals surface area (Å²) >= 11 is 0. The molecular formula is C13H24N2O. The first kappa shape index (κ1) is 11.9. The molecule has 3 nitrogen and oxygen atoms in total. The van der Waals surface area contributed by atoms with Gasteiger partial charge in [0.25, 0.3) is 0 Å². The zero-order valence-electron chi connectivity index (χ0n) is 10.6. The standard InChI is InChI=1S/C13H24N2O/c1-13(7-3-4-8-13)12(16)15-9-5-11(14-2)6-10-15/h11,14H,3-10H2,1-2H3. The van der Waals surface area contributed by atoms with Gasteiger partial charge in [-0.2, -0.15) is 0 Å². The highest BCUT2D eigenvalue weighted by Gasteiger charge is 2.39. The highest BCUT2D eigenvalue weighted by molar-refractivity contribution is 5.82. The number of nitrogens with one attached hydrogen (secondary N) is 1. The lowest BCUT2D eigenvalue weighted by molar-refractivity contribution is -0.142. The summed E-state index contributed by atoms with van der Waals surface area (Å²) in [6.07, 6.45) is 6.87. The van der Waals surface area contributed by atoms with Crippen LogP contribution in [0, 0.1) is 5.41 Å². The monoisotopic (exact) mass is 224 g/mol. The molecule has 0 bridgehead atoms. The number of hydrogen-bond donors (Lipinski definition) is 1. The van der Waals surface area contributed by atoms with E-state index in [0.717, 1.165) is 38.8 Å². The first-order valence-electron chi connectivity index (χ1n) is 6.62. The Balaban J connectivity index is 1.91. The maximum atomic E-state index is 12.4. The quantitative estimate of drug-likeness (QED) is 0.775. The molecule has 0 atom stereocenters. The molecule has 2 aliphatic rings. The number of amides is 1. The van der Waals surface area contributed by atoms with Crippen LogP contribution < -0.4 is 5.32 Å². The second-order valence-electron chi connectivity index (χ2n) is 5.62. The molecule has 1 aliphatic carbocycles. The number of piperidine rings is 1. The number of rotatable bonds is 2. The fourth-order valence-corrected chi connectivity index (χ4v) is 3.12. The summed E-state index contributed by atoms with van der Waals surface area (Å²) in [4.78, 5) is 14.5.